The van der Waals surface area contributed by atoms with Crippen LogP contribution in [0.3, 0.4) is 0 Å². The van der Waals surface area contributed by atoms with Gasteiger partial charge in [-0.1, -0.05) is 36.4 Å². The van der Waals surface area contributed by atoms with Crippen molar-refractivity contribution in [2.45, 2.75) is 50.8 Å². The molecule has 0 bridgehead atoms. The second-order valence-corrected chi connectivity index (χ2v) is 9.66. The zero-order valence-corrected chi connectivity index (χ0v) is 21.9. The number of benzene rings is 2. The largest absolute Gasteiger partial charge is 0.490 e. The number of nitrogens with one attached hydrogen (secondary N) is 2. The van der Waals surface area contributed by atoms with Crippen LogP contribution < -0.4 is 10.6 Å². The Morgan fingerprint density at radius 2 is 1.80 bits per heavy atom. The SMILES string of the molecule is O=C(COC1CCNCC1)Nc1ccc2c(c1)C(OC(=O)C(F)(F)F)N(CCC(=O)OCc1ccccc1)CC2. The van der Waals surface area contributed by atoms with Crippen LogP contribution in [0, 0.1) is 0 Å². The fraction of sp³-hybridized carbons (Fsp3) is 0.464. The van der Waals surface area contributed by atoms with E-state index in [9.17, 15) is 27.6 Å². The molecular weight excluding hydrogens is 531 g/mol. The van der Waals surface area contributed by atoms with E-state index in [0.29, 0.717) is 23.2 Å². The highest BCUT2D eigenvalue weighted by molar-refractivity contribution is 5.91. The predicted octanol–water partition coefficient (Wildman–Crippen LogP) is 3.49. The van der Waals surface area contributed by atoms with E-state index in [1.165, 1.54) is 11.0 Å². The van der Waals surface area contributed by atoms with Gasteiger partial charge in [-0.3, -0.25) is 14.5 Å². The first-order valence-electron chi connectivity index (χ1n) is 13.2. The molecule has 2 aromatic rings. The van der Waals surface area contributed by atoms with Gasteiger partial charge in [0.15, 0.2) is 6.23 Å². The van der Waals surface area contributed by atoms with Crippen LogP contribution in [0.2, 0.25) is 0 Å². The van der Waals surface area contributed by atoms with Gasteiger partial charge in [-0.15, -0.1) is 0 Å². The molecule has 1 amide bonds. The summed E-state index contributed by atoms with van der Waals surface area (Å²) in [5.74, 6) is -3.28. The van der Waals surface area contributed by atoms with Crippen molar-refractivity contribution in [2.24, 2.45) is 0 Å². The molecule has 0 aliphatic carbocycles. The number of amides is 1. The Bertz CT molecular complexity index is 1170. The number of hydrogen-bond donors (Lipinski definition) is 2. The molecule has 1 unspecified atom stereocenters. The molecule has 12 heteroatoms. The number of halogens is 3. The number of carbonyl (C=O) groups excluding carboxylic acids is 3. The topological polar surface area (TPSA) is 106 Å². The van der Waals surface area contributed by atoms with E-state index in [-0.39, 0.29) is 38.8 Å². The second-order valence-electron chi connectivity index (χ2n) is 9.66. The Hall–Kier alpha value is -3.48. The summed E-state index contributed by atoms with van der Waals surface area (Å²) in [5, 5.41) is 5.91. The summed E-state index contributed by atoms with van der Waals surface area (Å²) >= 11 is 0. The van der Waals surface area contributed by atoms with Crippen molar-refractivity contribution >= 4 is 23.5 Å². The third kappa shape index (κ3) is 8.51. The van der Waals surface area contributed by atoms with Gasteiger partial charge >= 0.3 is 18.1 Å². The van der Waals surface area contributed by atoms with E-state index in [1.54, 1.807) is 24.3 Å². The number of esters is 2. The van der Waals surface area contributed by atoms with Gasteiger partial charge in [-0.05, 0) is 55.6 Å². The van der Waals surface area contributed by atoms with Crippen molar-refractivity contribution in [1.29, 1.82) is 0 Å². The third-order valence-corrected chi connectivity index (χ3v) is 6.73. The highest BCUT2D eigenvalue weighted by Crippen LogP contribution is 2.35. The van der Waals surface area contributed by atoms with Crippen LogP contribution in [0.4, 0.5) is 18.9 Å². The summed E-state index contributed by atoms with van der Waals surface area (Å²) < 4.78 is 55.2. The van der Waals surface area contributed by atoms with Crippen molar-refractivity contribution in [1.82, 2.24) is 10.2 Å². The van der Waals surface area contributed by atoms with E-state index in [4.69, 9.17) is 14.2 Å². The summed E-state index contributed by atoms with van der Waals surface area (Å²) in [6.07, 6.45) is -4.69. The number of alkyl halides is 3. The molecule has 1 atom stereocenters. The molecule has 2 aromatic carbocycles. The number of rotatable bonds is 10. The van der Waals surface area contributed by atoms with Gasteiger partial charge in [0, 0.05) is 24.3 Å². The molecule has 2 aliphatic rings. The van der Waals surface area contributed by atoms with Gasteiger partial charge in [-0.2, -0.15) is 13.2 Å². The maximum absolute atomic E-state index is 13.1. The van der Waals surface area contributed by atoms with Gasteiger partial charge < -0.3 is 24.8 Å². The summed E-state index contributed by atoms with van der Waals surface area (Å²) in [6.45, 7) is 1.80. The van der Waals surface area contributed by atoms with Crippen LogP contribution in [0.15, 0.2) is 48.5 Å². The number of hydrogen-bond acceptors (Lipinski definition) is 8. The van der Waals surface area contributed by atoms with Crippen molar-refractivity contribution in [3.63, 3.8) is 0 Å². The molecule has 216 valence electrons. The molecule has 2 heterocycles. The average Bonchev–Trinajstić information content (AvgIpc) is 2.95. The van der Waals surface area contributed by atoms with Crippen LogP contribution in [0.5, 0.6) is 0 Å². The van der Waals surface area contributed by atoms with Crippen molar-refractivity contribution < 1.29 is 41.8 Å². The molecule has 9 nitrogen and oxygen atoms in total. The molecule has 1 fully saturated rings. The third-order valence-electron chi connectivity index (χ3n) is 6.73. The lowest BCUT2D eigenvalue weighted by Gasteiger charge is -2.36. The lowest BCUT2D eigenvalue weighted by atomic mass is 9.97. The first kappa shape index (κ1) is 29.5. The van der Waals surface area contributed by atoms with E-state index in [2.05, 4.69) is 10.6 Å². The van der Waals surface area contributed by atoms with Gasteiger partial charge in [0.2, 0.25) is 5.91 Å². The number of anilines is 1. The van der Waals surface area contributed by atoms with Crippen LogP contribution in [0.25, 0.3) is 0 Å². The summed E-state index contributed by atoms with van der Waals surface area (Å²) in [6, 6.07) is 13.9. The normalized spacial score (nSPS) is 18.0. The van der Waals surface area contributed by atoms with Crippen molar-refractivity contribution in [3.05, 3.63) is 65.2 Å². The minimum absolute atomic E-state index is 0.00351. The maximum Gasteiger partial charge on any atom is 0.490 e. The zero-order chi connectivity index (χ0) is 28.5. The number of fused-ring (bicyclic) bond motifs is 1. The minimum atomic E-state index is -5.20. The van der Waals surface area contributed by atoms with E-state index < -0.39 is 30.2 Å². The van der Waals surface area contributed by atoms with Crippen LogP contribution >= 0.6 is 0 Å². The molecule has 0 saturated carbocycles. The summed E-state index contributed by atoms with van der Waals surface area (Å²) in [7, 11) is 0. The molecule has 0 spiro atoms. The van der Waals surface area contributed by atoms with E-state index in [0.717, 1.165) is 31.5 Å². The molecule has 1 saturated heterocycles. The highest BCUT2D eigenvalue weighted by Gasteiger charge is 2.44. The Morgan fingerprint density at radius 1 is 1.05 bits per heavy atom. The average molecular weight is 564 g/mol. The number of piperidine rings is 1. The molecule has 0 aromatic heterocycles. The fourth-order valence-corrected chi connectivity index (χ4v) is 4.64. The Labute approximate surface area is 229 Å². The van der Waals surface area contributed by atoms with Gasteiger partial charge in [-0.25, -0.2) is 4.79 Å². The second kappa shape index (κ2) is 13.7. The number of carbonyl (C=O) groups is 3. The monoisotopic (exact) mass is 563 g/mol. The molecular formula is C28H32F3N3O6. The first-order valence-corrected chi connectivity index (χ1v) is 13.2. The zero-order valence-electron chi connectivity index (χ0n) is 21.9. The van der Waals surface area contributed by atoms with Crippen LogP contribution in [-0.4, -0.2) is 67.8 Å². The minimum Gasteiger partial charge on any atom is -0.461 e. The van der Waals surface area contributed by atoms with Crippen molar-refractivity contribution in [2.75, 3.05) is 38.1 Å². The first-order chi connectivity index (χ1) is 19.2. The van der Waals surface area contributed by atoms with Crippen LogP contribution in [-0.2, 0) is 41.6 Å². The smallest absolute Gasteiger partial charge is 0.461 e. The van der Waals surface area contributed by atoms with Crippen molar-refractivity contribution in [3.8, 4) is 0 Å². The van der Waals surface area contributed by atoms with E-state index >= 15 is 0 Å². The van der Waals surface area contributed by atoms with E-state index in [1.807, 2.05) is 18.2 Å². The molecule has 4 rings (SSSR count). The highest BCUT2D eigenvalue weighted by atomic mass is 19.4. The quantitative estimate of drug-likeness (QED) is 0.424. The number of nitrogens with zero attached hydrogens (tertiary/aromatic N) is 1. The van der Waals surface area contributed by atoms with Crippen LogP contribution in [0.1, 0.15) is 42.2 Å². The fourth-order valence-electron chi connectivity index (χ4n) is 4.64. The molecule has 40 heavy (non-hydrogen) atoms. The maximum atomic E-state index is 13.1. The van der Waals surface area contributed by atoms with Gasteiger partial charge in [0.05, 0.1) is 12.5 Å². The standard InChI is InChI=1S/C28H32F3N3O6/c29-28(30,31)27(37)40-26-23-16-21(33-24(35)18-38-22-8-12-32-13-9-22)7-6-20(23)10-14-34(26)15-11-25(36)39-17-19-4-2-1-3-5-19/h1-7,16,22,26,32H,8-15,17-18H2,(H,33,35). The van der Waals surface area contributed by atoms with Gasteiger partial charge in [0.25, 0.3) is 0 Å². The Balaban J connectivity index is 1.41. The van der Waals surface area contributed by atoms with Gasteiger partial charge in [0.1, 0.15) is 13.2 Å². The molecule has 0 radical (unpaired) electrons. The lowest BCUT2D eigenvalue weighted by molar-refractivity contribution is -0.214. The lowest BCUT2D eigenvalue weighted by Crippen LogP contribution is -2.41. The summed E-state index contributed by atoms with van der Waals surface area (Å²) in [4.78, 5) is 38.1. The molecule has 2 N–H and O–H groups in total. The number of ether oxygens (including phenoxy) is 3. The Morgan fingerprint density at radius 3 is 2.52 bits per heavy atom. The molecule has 2 aliphatic heterocycles. The predicted molar refractivity (Wildman–Crippen MR) is 138 cm³/mol. The summed E-state index contributed by atoms with van der Waals surface area (Å²) in [5.41, 5.74) is 2.11. The Kier molecular flexibility index (Phi) is 10.1.